The van der Waals surface area contributed by atoms with Crippen LogP contribution < -0.4 is 4.74 Å². The van der Waals surface area contributed by atoms with Crippen LogP contribution in [0.4, 0.5) is 0 Å². The highest BCUT2D eigenvalue weighted by molar-refractivity contribution is 5.30. The first kappa shape index (κ1) is 13.5. The molecule has 17 heavy (non-hydrogen) atoms. The quantitative estimate of drug-likeness (QED) is 0.759. The molecular weight excluding hydrogens is 216 g/mol. The number of ether oxygens (including phenoxy) is 1. The lowest BCUT2D eigenvalue weighted by atomic mass is 10.1. The second-order valence-corrected chi connectivity index (χ2v) is 4.08. The first-order valence-electron chi connectivity index (χ1n) is 5.52. The second-order valence-electron chi connectivity index (χ2n) is 4.08. The molecule has 0 aliphatic rings. The Morgan fingerprint density at radius 3 is 2.88 bits per heavy atom. The van der Waals surface area contributed by atoms with Crippen molar-refractivity contribution < 1.29 is 9.84 Å². The molecule has 0 aromatic heterocycles. The third-order valence-electron chi connectivity index (χ3n) is 2.31. The van der Waals surface area contributed by atoms with Crippen molar-refractivity contribution in [2.75, 3.05) is 33.8 Å². The Kier molecular flexibility index (Phi) is 5.47. The van der Waals surface area contributed by atoms with Crippen molar-refractivity contribution in [1.29, 1.82) is 0 Å². The number of hydrogen-bond acceptors (Lipinski definition) is 3. The molecule has 0 radical (unpaired) electrons. The molecule has 0 bridgehead atoms. The van der Waals surface area contributed by atoms with Crippen molar-refractivity contribution in [3.63, 3.8) is 0 Å². The molecule has 1 atom stereocenters. The van der Waals surface area contributed by atoms with Crippen LogP contribution in [-0.4, -0.2) is 43.8 Å². The minimum absolute atomic E-state index is 0.0845. The van der Waals surface area contributed by atoms with E-state index in [2.05, 4.69) is 4.85 Å². The maximum atomic E-state index is 9.68. The van der Waals surface area contributed by atoms with Gasteiger partial charge in [0.05, 0.1) is 0 Å². The van der Waals surface area contributed by atoms with E-state index in [0.717, 1.165) is 17.9 Å². The molecule has 92 valence electrons. The zero-order chi connectivity index (χ0) is 12.7. The molecule has 1 rings (SSSR count). The van der Waals surface area contributed by atoms with Crippen LogP contribution in [-0.2, 0) is 0 Å². The van der Waals surface area contributed by atoms with E-state index in [1.165, 1.54) is 0 Å². The van der Waals surface area contributed by atoms with Crippen LogP contribution in [0.1, 0.15) is 11.7 Å². The highest BCUT2D eigenvalue weighted by Gasteiger charge is 2.10. The van der Waals surface area contributed by atoms with Gasteiger partial charge in [-0.2, -0.15) is 0 Å². The summed E-state index contributed by atoms with van der Waals surface area (Å²) in [5, 5.41) is 9.68. The smallest absolute Gasteiger partial charge is 0.244 e. The molecular formula is C13H18N2O2. The Hall–Kier alpha value is -1.57. The Bertz CT molecular complexity index is 385. The minimum atomic E-state index is -0.732. The molecule has 0 aliphatic carbocycles. The number of nitrogens with zero attached hydrogens (tertiary/aromatic N) is 2. The van der Waals surface area contributed by atoms with Gasteiger partial charge in [-0.3, -0.25) is 0 Å². The molecule has 4 nitrogen and oxygen atoms in total. The molecule has 0 spiro atoms. The Morgan fingerprint density at radius 2 is 2.24 bits per heavy atom. The summed E-state index contributed by atoms with van der Waals surface area (Å²) in [5.41, 5.74) is 0.725. The molecule has 1 N–H and O–H groups in total. The van der Waals surface area contributed by atoms with Gasteiger partial charge in [0.1, 0.15) is 12.4 Å². The number of aliphatic hydroxyl groups is 1. The standard InChI is InChI=1S/C13H18N2O2/c1-14-10-13(16)11-5-4-6-12(9-11)17-8-7-15(2)3/h4-6,9,13,16H,7-8,10H2,2-3H3. The van der Waals surface area contributed by atoms with Crippen molar-refractivity contribution in [3.8, 4) is 5.75 Å². The van der Waals surface area contributed by atoms with Crippen LogP contribution in [0.25, 0.3) is 4.85 Å². The second kappa shape index (κ2) is 6.89. The SMILES string of the molecule is [C-]#[N+]CC(O)c1cccc(OCCN(C)C)c1. The number of hydrogen-bond donors (Lipinski definition) is 1. The zero-order valence-electron chi connectivity index (χ0n) is 10.3. The van der Waals surface area contributed by atoms with Gasteiger partial charge in [-0.05, 0) is 31.8 Å². The number of aliphatic hydroxyl groups excluding tert-OH is 1. The van der Waals surface area contributed by atoms with E-state index in [1.807, 2.05) is 31.1 Å². The molecule has 1 aromatic carbocycles. The maximum Gasteiger partial charge on any atom is 0.244 e. The molecule has 0 heterocycles. The molecule has 0 amide bonds. The summed E-state index contributed by atoms with van der Waals surface area (Å²) in [6, 6.07) is 7.26. The van der Waals surface area contributed by atoms with Crippen molar-refractivity contribution in [2.24, 2.45) is 0 Å². The van der Waals surface area contributed by atoms with E-state index >= 15 is 0 Å². The monoisotopic (exact) mass is 234 g/mol. The van der Waals surface area contributed by atoms with Gasteiger partial charge in [0.2, 0.25) is 6.54 Å². The van der Waals surface area contributed by atoms with Gasteiger partial charge in [0, 0.05) is 6.54 Å². The molecule has 0 aliphatic heterocycles. The van der Waals surface area contributed by atoms with Gasteiger partial charge in [0.25, 0.3) is 0 Å². The van der Waals surface area contributed by atoms with Gasteiger partial charge in [-0.15, -0.1) is 0 Å². The van der Waals surface area contributed by atoms with E-state index in [4.69, 9.17) is 11.3 Å². The van der Waals surface area contributed by atoms with Gasteiger partial charge in [-0.25, -0.2) is 6.57 Å². The lowest BCUT2D eigenvalue weighted by Gasteiger charge is -2.12. The van der Waals surface area contributed by atoms with Crippen LogP contribution in [0.5, 0.6) is 5.75 Å². The van der Waals surface area contributed by atoms with Gasteiger partial charge in [-0.1, -0.05) is 12.1 Å². The Balaban J connectivity index is 2.57. The van der Waals surface area contributed by atoms with E-state index in [0.29, 0.717) is 6.61 Å². The van der Waals surface area contributed by atoms with Crippen LogP contribution in [0, 0.1) is 6.57 Å². The fraction of sp³-hybridized carbons (Fsp3) is 0.462. The third kappa shape index (κ3) is 4.85. The summed E-state index contributed by atoms with van der Waals surface area (Å²) in [6.45, 7) is 8.26. The lowest BCUT2D eigenvalue weighted by molar-refractivity contribution is 0.194. The van der Waals surface area contributed by atoms with Crippen molar-refractivity contribution >= 4 is 0 Å². The summed E-state index contributed by atoms with van der Waals surface area (Å²) < 4.78 is 5.56. The van der Waals surface area contributed by atoms with Crippen LogP contribution >= 0.6 is 0 Å². The average molecular weight is 234 g/mol. The fourth-order valence-electron chi connectivity index (χ4n) is 1.35. The normalized spacial score (nSPS) is 12.2. The Labute approximate surface area is 102 Å². The van der Waals surface area contributed by atoms with Gasteiger partial charge < -0.3 is 19.6 Å². The van der Waals surface area contributed by atoms with Gasteiger partial charge in [0.15, 0.2) is 6.10 Å². The van der Waals surface area contributed by atoms with Crippen molar-refractivity contribution in [3.05, 3.63) is 41.2 Å². The van der Waals surface area contributed by atoms with Crippen LogP contribution in [0.3, 0.4) is 0 Å². The van der Waals surface area contributed by atoms with Gasteiger partial charge >= 0.3 is 0 Å². The van der Waals surface area contributed by atoms with Crippen LogP contribution in [0.15, 0.2) is 24.3 Å². The molecule has 1 aromatic rings. The molecule has 0 fully saturated rings. The molecule has 4 heteroatoms. The summed E-state index contributed by atoms with van der Waals surface area (Å²) >= 11 is 0. The number of likely N-dealkylation sites (N-methyl/N-ethyl adjacent to an activating group) is 1. The minimum Gasteiger partial charge on any atom is -0.492 e. The summed E-state index contributed by atoms with van der Waals surface area (Å²) in [6.07, 6.45) is -0.732. The predicted octanol–water partition coefficient (Wildman–Crippen LogP) is 1.58. The summed E-state index contributed by atoms with van der Waals surface area (Å²) in [4.78, 5) is 5.22. The molecule has 1 unspecified atom stereocenters. The highest BCUT2D eigenvalue weighted by atomic mass is 16.5. The first-order chi connectivity index (χ1) is 8.13. The van der Waals surface area contributed by atoms with E-state index in [-0.39, 0.29) is 6.54 Å². The van der Waals surface area contributed by atoms with Crippen LogP contribution in [0.2, 0.25) is 0 Å². The lowest BCUT2D eigenvalue weighted by Crippen LogP contribution is -2.19. The third-order valence-corrected chi connectivity index (χ3v) is 2.31. The predicted molar refractivity (Wildman–Crippen MR) is 66.9 cm³/mol. The largest absolute Gasteiger partial charge is 0.492 e. The number of rotatable bonds is 6. The first-order valence-corrected chi connectivity index (χ1v) is 5.52. The van der Waals surface area contributed by atoms with E-state index in [1.54, 1.807) is 12.1 Å². The van der Waals surface area contributed by atoms with Crippen molar-refractivity contribution in [1.82, 2.24) is 4.90 Å². The van der Waals surface area contributed by atoms with Crippen molar-refractivity contribution in [2.45, 2.75) is 6.10 Å². The topological polar surface area (TPSA) is 37.1 Å². The number of benzene rings is 1. The maximum absolute atomic E-state index is 9.68. The molecule has 0 saturated heterocycles. The summed E-state index contributed by atoms with van der Waals surface area (Å²) in [5.74, 6) is 0.730. The molecule has 0 saturated carbocycles. The Morgan fingerprint density at radius 1 is 1.47 bits per heavy atom. The van der Waals surface area contributed by atoms with E-state index in [9.17, 15) is 5.11 Å². The van der Waals surface area contributed by atoms with E-state index < -0.39 is 6.10 Å². The summed E-state index contributed by atoms with van der Waals surface area (Å²) in [7, 11) is 3.97. The average Bonchev–Trinajstić information content (AvgIpc) is 2.29. The highest BCUT2D eigenvalue weighted by Crippen LogP contribution is 2.19. The fourth-order valence-corrected chi connectivity index (χ4v) is 1.35. The zero-order valence-corrected chi connectivity index (χ0v) is 10.3.